The zero-order valence-electron chi connectivity index (χ0n) is 13.1. The molecule has 3 heterocycles. The van der Waals surface area contributed by atoms with E-state index < -0.39 is 0 Å². The molecule has 3 saturated heterocycles. The number of hydrogen-bond acceptors (Lipinski definition) is 2. The Morgan fingerprint density at radius 1 is 1.00 bits per heavy atom. The third-order valence-corrected chi connectivity index (χ3v) is 6.29. The van der Waals surface area contributed by atoms with Crippen molar-refractivity contribution < 1.29 is 0 Å². The van der Waals surface area contributed by atoms with E-state index in [9.17, 15) is 0 Å². The third-order valence-electron chi connectivity index (χ3n) is 6.29. The Hall–Kier alpha value is -0.0800. The second kappa shape index (κ2) is 5.73. The molecule has 0 aromatic heterocycles. The Morgan fingerprint density at radius 2 is 1.63 bits per heavy atom. The van der Waals surface area contributed by atoms with Crippen molar-refractivity contribution in [1.82, 2.24) is 9.80 Å². The van der Waals surface area contributed by atoms with Crippen LogP contribution in [0.25, 0.3) is 0 Å². The van der Waals surface area contributed by atoms with E-state index in [1.807, 2.05) is 0 Å². The van der Waals surface area contributed by atoms with Crippen LogP contribution in [0.15, 0.2) is 0 Å². The average molecular weight is 264 g/mol. The lowest BCUT2D eigenvalue weighted by atomic mass is 9.61. The molecule has 2 heteroatoms. The van der Waals surface area contributed by atoms with E-state index in [-0.39, 0.29) is 0 Å². The molecule has 0 amide bonds. The van der Waals surface area contributed by atoms with Crippen molar-refractivity contribution in [2.45, 2.75) is 40.0 Å². The molecule has 2 nitrogen and oxygen atoms in total. The molecule has 0 N–H and O–H groups in total. The lowest BCUT2D eigenvalue weighted by Crippen LogP contribution is -2.58. The van der Waals surface area contributed by atoms with Crippen LogP contribution in [0.5, 0.6) is 0 Å². The minimum Gasteiger partial charge on any atom is -0.303 e. The molecule has 4 aliphatic rings. The molecule has 19 heavy (non-hydrogen) atoms. The van der Waals surface area contributed by atoms with Crippen LogP contribution in [0.2, 0.25) is 0 Å². The Kier molecular flexibility index (Phi) is 4.19. The SMILES string of the molecule is CCN1CC2CC(C1)C2CN1CCC(C(C)C)CC1. The summed E-state index contributed by atoms with van der Waals surface area (Å²) in [6.07, 6.45) is 4.42. The lowest BCUT2D eigenvalue weighted by Gasteiger charge is -2.55. The van der Waals surface area contributed by atoms with Gasteiger partial charge in [0, 0.05) is 19.6 Å². The molecule has 2 atom stereocenters. The van der Waals surface area contributed by atoms with E-state index >= 15 is 0 Å². The largest absolute Gasteiger partial charge is 0.303 e. The summed E-state index contributed by atoms with van der Waals surface area (Å²) in [5.41, 5.74) is 0. The van der Waals surface area contributed by atoms with Crippen LogP contribution in [0, 0.1) is 29.6 Å². The van der Waals surface area contributed by atoms with E-state index in [2.05, 4.69) is 30.6 Å². The van der Waals surface area contributed by atoms with Gasteiger partial charge < -0.3 is 9.80 Å². The number of rotatable bonds is 4. The molecular formula is C17H32N2. The highest BCUT2D eigenvalue weighted by molar-refractivity contribution is 4.98. The van der Waals surface area contributed by atoms with E-state index in [0.717, 1.165) is 29.6 Å². The molecule has 4 rings (SSSR count). The fourth-order valence-electron chi connectivity index (χ4n) is 4.74. The van der Waals surface area contributed by atoms with E-state index in [4.69, 9.17) is 0 Å². The first-order valence-electron chi connectivity index (χ1n) is 8.62. The van der Waals surface area contributed by atoms with Crippen molar-refractivity contribution in [3.8, 4) is 0 Å². The second-order valence-electron chi connectivity index (χ2n) is 7.65. The minimum absolute atomic E-state index is 0.892. The van der Waals surface area contributed by atoms with Gasteiger partial charge in [0.25, 0.3) is 0 Å². The number of hydrogen-bond donors (Lipinski definition) is 0. The van der Waals surface area contributed by atoms with Crippen molar-refractivity contribution in [2.24, 2.45) is 29.6 Å². The van der Waals surface area contributed by atoms with Crippen molar-refractivity contribution in [3.63, 3.8) is 0 Å². The lowest BCUT2D eigenvalue weighted by molar-refractivity contribution is -0.0598. The molecule has 0 aromatic carbocycles. The van der Waals surface area contributed by atoms with Crippen LogP contribution in [0.3, 0.4) is 0 Å². The zero-order valence-corrected chi connectivity index (χ0v) is 13.1. The molecular weight excluding hydrogens is 232 g/mol. The van der Waals surface area contributed by atoms with Gasteiger partial charge >= 0.3 is 0 Å². The molecule has 1 saturated carbocycles. The van der Waals surface area contributed by atoms with Crippen LogP contribution in [0.4, 0.5) is 0 Å². The predicted octanol–water partition coefficient (Wildman–Crippen LogP) is 2.94. The molecule has 2 unspecified atom stereocenters. The van der Waals surface area contributed by atoms with Crippen LogP contribution in [0.1, 0.15) is 40.0 Å². The molecule has 2 bridgehead atoms. The van der Waals surface area contributed by atoms with Gasteiger partial charge in [-0.05, 0) is 68.5 Å². The van der Waals surface area contributed by atoms with Crippen molar-refractivity contribution in [2.75, 3.05) is 39.3 Å². The molecule has 4 fully saturated rings. The Morgan fingerprint density at radius 3 is 2.16 bits per heavy atom. The normalized spacial score (nSPS) is 37.6. The summed E-state index contributed by atoms with van der Waals surface area (Å²) in [6, 6.07) is 0. The average Bonchev–Trinajstić information content (AvgIpc) is 2.45. The maximum absolute atomic E-state index is 2.78. The number of nitrogens with zero attached hydrogens (tertiary/aromatic N) is 2. The summed E-state index contributed by atoms with van der Waals surface area (Å²) >= 11 is 0. The predicted molar refractivity (Wildman–Crippen MR) is 81.2 cm³/mol. The first-order valence-corrected chi connectivity index (χ1v) is 8.62. The first-order chi connectivity index (χ1) is 9.17. The molecule has 1 aliphatic carbocycles. The number of fused-ring (bicyclic) bond motifs is 2. The summed E-state index contributed by atoms with van der Waals surface area (Å²) in [6.45, 7) is 15.3. The van der Waals surface area contributed by atoms with Gasteiger partial charge in [0.05, 0.1) is 0 Å². The van der Waals surface area contributed by atoms with Gasteiger partial charge in [-0.2, -0.15) is 0 Å². The highest BCUT2D eigenvalue weighted by atomic mass is 15.2. The summed E-state index contributed by atoms with van der Waals surface area (Å²) in [5.74, 6) is 4.98. The van der Waals surface area contributed by atoms with Crippen LogP contribution in [-0.2, 0) is 0 Å². The summed E-state index contributed by atoms with van der Waals surface area (Å²) in [4.78, 5) is 5.45. The Labute approximate surface area is 119 Å². The molecule has 0 aromatic rings. The highest BCUT2D eigenvalue weighted by Gasteiger charge is 2.46. The molecule has 0 radical (unpaired) electrons. The number of piperidine rings is 3. The third kappa shape index (κ3) is 2.85. The Bertz CT molecular complexity index is 282. The summed E-state index contributed by atoms with van der Waals surface area (Å²) in [7, 11) is 0. The standard InChI is InChI=1S/C17H32N2/c1-4-18-10-15-9-16(11-18)17(15)12-19-7-5-14(6-8-19)13(2)3/h13-17H,4-12H2,1-3H3. The van der Waals surface area contributed by atoms with Crippen LogP contribution >= 0.6 is 0 Å². The summed E-state index contributed by atoms with van der Waals surface area (Å²) < 4.78 is 0. The van der Waals surface area contributed by atoms with E-state index in [1.165, 1.54) is 58.5 Å². The van der Waals surface area contributed by atoms with Gasteiger partial charge in [-0.1, -0.05) is 20.8 Å². The monoisotopic (exact) mass is 264 g/mol. The quantitative estimate of drug-likeness (QED) is 0.770. The van der Waals surface area contributed by atoms with Gasteiger partial charge in [0.1, 0.15) is 0 Å². The Balaban J connectivity index is 1.44. The maximum atomic E-state index is 2.78. The van der Waals surface area contributed by atoms with E-state index in [1.54, 1.807) is 0 Å². The van der Waals surface area contributed by atoms with Crippen molar-refractivity contribution in [3.05, 3.63) is 0 Å². The van der Waals surface area contributed by atoms with Crippen molar-refractivity contribution >= 4 is 0 Å². The topological polar surface area (TPSA) is 6.48 Å². The molecule has 0 spiro atoms. The van der Waals surface area contributed by atoms with Gasteiger partial charge in [0.2, 0.25) is 0 Å². The van der Waals surface area contributed by atoms with Crippen molar-refractivity contribution in [1.29, 1.82) is 0 Å². The van der Waals surface area contributed by atoms with Crippen LogP contribution < -0.4 is 0 Å². The number of likely N-dealkylation sites (tertiary alicyclic amines) is 1. The fraction of sp³-hybridized carbons (Fsp3) is 1.00. The highest BCUT2D eigenvalue weighted by Crippen LogP contribution is 2.46. The smallest absolute Gasteiger partial charge is 0.00159 e. The van der Waals surface area contributed by atoms with Crippen LogP contribution in [-0.4, -0.2) is 49.1 Å². The second-order valence-corrected chi connectivity index (χ2v) is 7.65. The minimum atomic E-state index is 0.892. The fourth-order valence-corrected chi connectivity index (χ4v) is 4.74. The van der Waals surface area contributed by atoms with Gasteiger partial charge in [-0.15, -0.1) is 0 Å². The zero-order chi connectivity index (χ0) is 13.4. The maximum Gasteiger partial charge on any atom is 0.00159 e. The molecule has 110 valence electrons. The molecule has 3 aliphatic heterocycles. The first kappa shape index (κ1) is 13.9. The summed E-state index contributed by atoms with van der Waals surface area (Å²) in [5, 5.41) is 0. The van der Waals surface area contributed by atoms with Gasteiger partial charge in [-0.25, -0.2) is 0 Å². The van der Waals surface area contributed by atoms with E-state index in [0.29, 0.717) is 0 Å². The van der Waals surface area contributed by atoms with Gasteiger partial charge in [0.15, 0.2) is 0 Å². The van der Waals surface area contributed by atoms with Gasteiger partial charge in [-0.3, -0.25) is 0 Å².